The van der Waals surface area contributed by atoms with Gasteiger partial charge in [0.05, 0.1) is 0 Å². The Hall–Kier alpha value is -0.410. The van der Waals surface area contributed by atoms with E-state index in [0.717, 1.165) is 12.5 Å². The van der Waals surface area contributed by atoms with Crippen LogP contribution < -0.4 is 5.32 Å². The fourth-order valence-corrected chi connectivity index (χ4v) is 3.09. The van der Waals surface area contributed by atoms with E-state index in [1.165, 1.54) is 35.6 Å². The van der Waals surface area contributed by atoms with Crippen molar-refractivity contribution < 1.29 is 0 Å². The Morgan fingerprint density at radius 3 is 2.87 bits per heavy atom. The molecule has 0 bridgehead atoms. The molecule has 0 aliphatic heterocycles. The van der Waals surface area contributed by atoms with Gasteiger partial charge in [0.2, 0.25) is 0 Å². The molecule has 3 heteroatoms. The van der Waals surface area contributed by atoms with Crippen molar-refractivity contribution in [1.29, 1.82) is 0 Å². The number of nitrogens with zero attached hydrogens (tertiary/aromatic N) is 1. The van der Waals surface area contributed by atoms with E-state index in [4.69, 9.17) is 0 Å². The summed E-state index contributed by atoms with van der Waals surface area (Å²) in [4.78, 5) is 5.68. The van der Waals surface area contributed by atoms with E-state index in [1.54, 1.807) is 11.3 Å². The first-order valence-corrected chi connectivity index (χ1v) is 6.72. The fraction of sp³-hybridized carbons (Fsp3) is 0.750. The van der Waals surface area contributed by atoms with Crippen LogP contribution in [0, 0.1) is 12.8 Å². The normalized spacial score (nSPS) is 19.6. The predicted molar refractivity (Wildman–Crippen MR) is 65.1 cm³/mol. The van der Waals surface area contributed by atoms with Crippen molar-refractivity contribution in [2.75, 3.05) is 0 Å². The van der Waals surface area contributed by atoms with Gasteiger partial charge in [-0.3, -0.25) is 0 Å². The summed E-state index contributed by atoms with van der Waals surface area (Å²) in [5, 5.41) is 4.82. The van der Waals surface area contributed by atoms with Gasteiger partial charge >= 0.3 is 0 Å². The monoisotopic (exact) mass is 224 g/mol. The van der Waals surface area contributed by atoms with Crippen molar-refractivity contribution in [2.45, 2.75) is 52.1 Å². The van der Waals surface area contributed by atoms with Crippen molar-refractivity contribution in [3.05, 3.63) is 16.1 Å². The molecule has 1 heterocycles. The molecule has 0 spiro atoms. The zero-order valence-electron chi connectivity index (χ0n) is 9.62. The second-order valence-corrected chi connectivity index (χ2v) is 5.90. The summed E-state index contributed by atoms with van der Waals surface area (Å²) in [5.41, 5.74) is 0. The minimum Gasteiger partial charge on any atom is -0.308 e. The van der Waals surface area contributed by atoms with Gasteiger partial charge in [0, 0.05) is 23.7 Å². The van der Waals surface area contributed by atoms with Crippen molar-refractivity contribution >= 4 is 11.3 Å². The van der Waals surface area contributed by atoms with Crippen LogP contribution in [0.4, 0.5) is 0 Å². The molecule has 0 aromatic carbocycles. The van der Waals surface area contributed by atoms with Crippen LogP contribution in [0.1, 0.15) is 42.5 Å². The molecule has 1 aromatic rings. The van der Waals surface area contributed by atoms with Gasteiger partial charge in [0.25, 0.3) is 0 Å². The van der Waals surface area contributed by atoms with Crippen LogP contribution in [0.15, 0.2) is 6.20 Å². The minimum atomic E-state index is 0.650. The summed E-state index contributed by atoms with van der Waals surface area (Å²) < 4.78 is 0. The molecule has 0 amide bonds. The number of thiazole rings is 1. The Morgan fingerprint density at radius 1 is 1.53 bits per heavy atom. The van der Waals surface area contributed by atoms with E-state index < -0.39 is 0 Å². The summed E-state index contributed by atoms with van der Waals surface area (Å²) in [6.45, 7) is 5.37. The van der Waals surface area contributed by atoms with E-state index >= 15 is 0 Å². The molecule has 1 fully saturated rings. The number of aromatic nitrogens is 1. The smallest absolute Gasteiger partial charge is 0.107 e. The highest BCUT2D eigenvalue weighted by atomic mass is 32.1. The Morgan fingerprint density at radius 2 is 2.27 bits per heavy atom. The first kappa shape index (κ1) is 11.1. The molecular weight excluding hydrogens is 204 g/mol. The second-order valence-electron chi connectivity index (χ2n) is 4.58. The van der Waals surface area contributed by atoms with Gasteiger partial charge in [-0.15, -0.1) is 11.3 Å². The van der Waals surface area contributed by atoms with Crippen LogP contribution >= 0.6 is 11.3 Å². The number of hydrogen-bond donors (Lipinski definition) is 1. The first-order valence-electron chi connectivity index (χ1n) is 5.90. The molecule has 1 unspecified atom stereocenters. The van der Waals surface area contributed by atoms with E-state index in [1.807, 2.05) is 6.20 Å². The zero-order valence-corrected chi connectivity index (χ0v) is 10.4. The lowest BCUT2D eigenvalue weighted by Crippen LogP contribution is -2.31. The average Bonchev–Trinajstić information content (AvgIpc) is 2.84. The van der Waals surface area contributed by atoms with Crippen molar-refractivity contribution in [3.63, 3.8) is 0 Å². The maximum absolute atomic E-state index is 4.37. The molecule has 2 rings (SSSR count). The summed E-state index contributed by atoms with van der Waals surface area (Å²) in [6.07, 6.45) is 7.62. The number of nitrogens with one attached hydrogen (secondary N) is 1. The number of aryl methyl sites for hydroxylation is 1. The Kier molecular flexibility index (Phi) is 3.76. The van der Waals surface area contributed by atoms with Crippen LogP contribution in [0.2, 0.25) is 0 Å². The molecule has 2 nitrogen and oxygen atoms in total. The Labute approximate surface area is 96.1 Å². The second kappa shape index (κ2) is 5.08. The molecular formula is C12H20N2S. The van der Waals surface area contributed by atoms with E-state index in [2.05, 4.69) is 24.1 Å². The lowest BCUT2D eigenvalue weighted by atomic mass is 10.00. The summed E-state index contributed by atoms with van der Waals surface area (Å²) >= 11 is 1.80. The predicted octanol–water partition coefficient (Wildman–Crippen LogP) is 3.12. The van der Waals surface area contributed by atoms with Crippen LogP contribution in [0.25, 0.3) is 0 Å². The summed E-state index contributed by atoms with van der Waals surface area (Å²) in [5.74, 6) is 0.894. The summed E-state index contributed by atoms with van der Waals surface area (Å²) in [7, 11) is 0. The van der Waals surface area contributed by atoms with Crippen LogP contribution in [-0.2, 0) is 6.54 Å². The van der Waals surface area contributed by atoms with Gasteiger partial charge in [-0.2, -0.15) is 0 Å². The minimum absolute atomic E-state index is 0.650. The molecule has 1 atom stereocenters. The third-order valence-corrected chi connectivity index (χ3v) is 4.26. The maximum Gasteiger partial charge on any atom is 0.107 e. The Balaban J connectivity index is 1.77. The van der Waals surface area contributed by atoms with Crippen LogP contribution in [-0.4, -0.2) is 11.0 Å². The quantitative estimate of drug-likeness (QED) is 0.850. The largest absolute Gasteiger partial charge is 0.308 e. The van der Waals surface area contributed by atoms with Gasteiger partial charge in [-0.05, 0) is 32.6 Å². The lowest BCUT2D eigenvalue weighted by molar-refractivity contribution is 0.380. The molecule has 1 aromatic heterocycles. The molecule has 1 aliphatic rings. The van der Waals surface area contributed by atoms with Crippen LogP contribution in [0.5, 0.6) is 0 Å². The third-order valence-electron chi connectivity index (χ3n) is 3.35. The molecule has 0 saturated heterocycles. The standard InChI is InChI=1S/C12H20N2S/c1-9-7-14-12(15-9)8-13-10(2)11-5-3-4-6-11/h7,10-11,13H,3-6,8H2,1-2H3. The fourth-order valence-electron chi connectivity index (χ4n) is 2.36. The molecule has 0 radical (unpaired) electrons. The number of hydrogen-bond acceptors (Lipinski definition) is 3. The van der Waals surface area contributed by atoms with E-state index in [9.17, 15) is 0 Å². The zero-order chi connectivity index (χ0) is 10.7. The van der Waals surface area contributed by atoms with E-state index in [-0.39, 0.29) is 0 Å². The molecule has 1 aliphatic carbocycles. The van der Waals surface area contributed by atoms with Crippen LogP contribution in [0.3, 0.4) is 0 Å². The number of rotatable bonds is 4. The van der Waals surface area contributed by atoms with Crippen molar-refractivity contribution in [3.8, 4) is 0 Å². The van der Waals surface area contributed by atoms with Crippen molar-refractivity contribution in [1.82, 2.24) is 10.3 Å². The summed E-state index contributed by atoms with van der Waals surface area (Å²) in [6, 6.07) is 0.650. The highest BCUT2D eigenvalue weighted by molar-refractivity contribution is 7.11. The van der Waals surface area contributed by atoms with Gasteiger partial charge in [-0.1, -0.05) is 12.8 Å². The SMILES string of the molecule is Cc1cnc(CNC(C)C2CCCC2)s1. The highest BCUT2D eigenvalue weighted by Crippen LogP contribution is 2.27. The molecule has 1 saturated carbocycles. The first-order chi connectivity index (χ1) is 7.25. The average molecular weight is 224 g/mol. The lowest BCUT2D eigenvalue weighted by Gasteiger charge is -2.19. The molecule has 15 heavy (non-hydrogen) atoms. The van der Waals surface area contributed by atoms with Gasteiger partial charge in [0.1, 0.15) is 5.01 Å². The Bertz CT molecular complexity index is 302. The van der Waals surface area contributed by atoms with Gasteiger partial charge in [0.15, 0.2) is 0 Å². The van der Waals surface area contributed by atoms with Gasteiger partial charge in [-0.25, -0.2) is 4.98 Å². The maximum atomic E-state index is 4.37. The highest BCUT2D eigenvalue weighted by Gasteiger charge is 2.20. The molecule has 84 valence electrons. The van der Waals surface area contributed by atoms with E-state index in [0.29, 0.717) is 6.04 Å². The van der Waals surface area contributed by atoms with Gasteiger partial charge < -0.3 is 5.32 Å². The third kappa shape index (κ3) is 3.02. The topological polar surface area (TPSA) is 24.9 Å². The van der Waals surface area contributed by atoms with Crippen molar-refractivity contribution in [2.24, 2.45) is 5.92 Å². The molecule has 1 N–H and O–H groups in total.